The Hall–Kier alpha value is -1.93. The van der Waals surface area contributed by atoms with E-state index in [2.05, 4.69) is 0 Å². The Morgan fingerprint density at radius 1 is 1.28 bits per heavy atom. The molecule has 1 aromatic carbocycles. The van der Waals surface area contributed by atoms with Gasteiger partial charge in [0.15, 0.2) is 15.1 Å². The van der Waals surface area contributed by atoms with Crippen LogP contribution >= 0.6 is 0 Å². The van der Waals surface area contributed by atoms with E-state index in [9.17, 15) is 23.1 Å². The molecule has 1 saturated heterocycles. The van der Waals surface area contributed by atoms with Crippen molar-refractivity contribution in [3.8, 4) is 0 Å². The maximum Gasteiger partial charge on any atom is 0.244 e. The Labute approximate surface area is 147 Å². The molecule has 0 spiro atoms. The van der Waals surface area contributed by atoms with Gasteiger partial charge in [0.25, 0.3) is 0 Å². The highest BCUT2D eigenvalue weighted by Crippen LogP contribution is 2.37. The number of amides is 2. The van der Waals surface area contributed by atoms with E-state index in [4.69, 9.17) is 5.73 Å². The van der Waals surface area contributed by atoms with E-state index in [1.165, 1.54) is 12.1 Å². The second kappa shape index (κ2) is 7.53. The number of likely N-dealkylation sites (tertiary alicyclic amines) is 1. The first-order valence-electron chi connectivity index (χ1n) is 8.35. The number of benzene rings is 1. The number of sulfone groups is 1. The van der Waals surface area contributed by atoms with Crippen molar-refractivity contribution >= 4 is 21.7 Å². The molecule has 1 aliphatic heterocycles. The molecule has 0 bridgehead atoms. The molecule has 138 valence electrons. The van der Waals surface area contributed by atoms with Crippen LogP contribution in [-0.4, -0.2) is 47.8 Å². The van der Waals surface area contributed by atoms with Gasteiger partial charge in [-0.05, 0) is 25.0 Å². The molecule has 0 saturated carbocycles. The minimum atomic E-state index is -4.00. The lowest BCUT2D eigenvalue weighted by atomic mass is 10.0. The first kappa shape index (κ1) is 19.4. The molecule has 8 heteroatoms. The van der Waals surface area contributed by atoms with Gasteiger partial charge in [0.05, 0.1) is 4.90 Å². The zero-order valence-electron chi connectivity index (χ0n) is 14.3. The van der Waals surface area contributed by atoms with E-state index in [-0.39, 0.29) is 11.3 Å². The number of aliphatic hydroxyl groups is 1. The molecular formula is C17H24N2O5S. The largest absolute Gasteiger partial charge is 0.373 e. The number of hydrogen-bond donors (Lipinski definition) is 2. The lowest BCUT2D eigenvalue weighted by Gasteiger charge is -2.28. The lowest BCUT2D eigenvalue weighted by molar-refractivity contribution is -0.144. The third-order valence-corrected chi connectivity index (χ3v) is 6.78. The number of nitrogens with two attached hydrogens (primary N) is 1. The van der Waals surface area contributed by atoms with Crippen molar-refractivity contribution < 1.29 is 23.1 Å². The molecule has 4 atom stereocenters. The van der Waals surface area contributed by atoms with E-state index in [0.717, 1.165) is 4.90 Å². The van der Waals surface area contributed by atoms with Gasteiger partial charge in [-0.3, -0.25) is 9.59 Å². The van der Waals surface area contributed by atoms with Gasteiger partial charge >= 0.3 is 0 Å². The van der Waals surface area contributed by atoms with Gasteiger partial charge in [0.1, 0.15) is 12.3 Å². The van der Waals surface area contributed by atoms with E-state index in [1.807, 2.05) is 6.92 Å². The molecule has 2 unspecified atom stereocenters. The molecule has 1 aromatic rings. The summed E-state index contributed by atoms with van der Waals surface area (Å²) in [5.74, 6) is -2.33. The predicted octanol–water partition coefficient (Wildman–Crippen LogP) is 0.670. The highest BCUT2D eigenvalue weighted by Gasteiger charge is 2.55. The van der Waals surface area contributed by atoms with Gasteiger partial charge in [0.2, 0.25) is 11.8 Å². The SMILES string of the molecule is CCC[C@H]1C(O)N([C@@H](CC)C(N)=O)C(=O)C1S(=O)(=O)c1ccccc1. The Kier molecular flexibility index (Phi) is 5.84. The van der Waals surface area contributed by atoms with Crippen LogP contribution in [0.25, 0.3) is 0 Å². The van der Waals surface area contributed by atoms with Crippen molar-refractivity contribution in [3.05, 3.63) is 30.3 Å². The van der Waals surface area contributed by atoms with Crippen LogP contribution in [0.2, 0.25) is 0 Å². The molecule has 0 aromatic heterocycles. The number of primary amides is 1. The standard InChI is InChI=1S/C17H24N2O5S/c1-3-8-12-14(25(23,24)11-9-6-5-7-10-11)17(22)19(16(12)21)13(4-2)15(18)20/h5-7,9-10,12-14,16,21H,3-4,8H2,1-2H3,(H2,18,20)/t12-,13+,14?,16?/m1/s1. The molecule has 7 nitrogen and oxygen atoms in total. The highest BCUT2D eigenvalue weighted by molar-refractivity contribution is 7.92. The molecule has 2 amide bonds. The molecule has 0 radical (unpaired) electrons. The van der Waals surface area contributed by atoms with Crippen LogP contribution < -0.4 is 5.73 Å². The minimum Gasteiger partial charge on any atom is -0.373 e. The molecule has 1 fully saturated rings. The third kappa shape index (κ3) is 3.41. The number of carbonyl (C=O) groups excluding carboxylic acids is 2. The molecule has 0 aliphatic carbocycles. The van der Waals surface area contributed by atoms with Gasteiger partial charge in [0, 0.05) is 5.92 Å². The number of hydrogen-bond acceptors (Lipinski definition) is 5. The first-order chi connectivity index (χ1) is 11.8. The molecule has 2 rings (SSSR count). The molecule has 3 N–H and O–H groups in total. The summed E-state index contributed by atoms with van der Waals surface area (Å²) in [6, 6.07) is 6.65. The Morgan fingerprint density at radius 2 is 1.88 bits per heavy atom. The topological polar surface area (TPSA) is 118 Å². The maximum atomic E-state index is 13.0. The zero-order chi connectivity index (χ0) is 18.8. The van der Waals surface area contributed by atoms with Crippen molar-refractivity contribution in [3.63, 3.8) is 0 Å². The summed E-state index contributed by atoms with van der Waals surface area (Å²) in [4.78, 5) is 25.5. The normalized spacial score (nSPS) is 25.2. The van der Waals surface area contributed by atoms with Crippen molar-refractivity contribution in [2.45, 2.75) is 55.5 Å². The number of carbonyl (C=O) groups is 2. The molecule has 1 aliphatic rings. The second-order valence-corrected chi connectivity index (χ2v) is 8.29. The average Bonchev–Trinajstić information content (AvgIpc) is 2.81. The highest BCUT2D eigenvalue weighted by atomic mass is 32.2. The van der Waals surface area contributed by atoms with Gasteiger partial charge in [-0.1, -0.05) is 38.5 Å². The summed E-state index contributed by atoms with van der Waals surface area (Å²) in [7, 11) is -4.00. The smallest absolute Gasteiger partial charge is 0.244 e. The number of aliphatic hydroxyl groups excluding tert-OH is 1. The lowest BCUT2D eigenvalue weighted by Crippen LogP contribution is -2.50. The summed E-state index contributed by atoms with van der Waals surface area (Å²) < 4.78 is 26.1. The van der Waals surface area contributed by atoms with Gasteiger partial charge < -0.3 is 15.7 Å². The summed E-state index contributed by atoms with van der Waals surface area (Å²) in [6.07, 6.45) is -0.213. The van der Waals surface area contributed by atoms with Gasteiger partial charge in [-0.2, -0.15) is 0 Å². The summed E-state index contributed by atoms with van der Waals surface area (Å²) in [5, 5.41) is 9.20. The van der Waals surface area contributed by atoms with Crippen LogP contribution in [0.1, 0.15) is 33.1 Å². The Bertz CT molecular complexity index is 735. The quantitative estimate of drug-likeness (QED) is 0.733. The zero-order valence-corrected chi connectivity index (χ0v) is 15.1. The van der Waals surface area contributed by atoms with Crippen LogP contribution in [0.3, 0.4) is 0 Å². The fourth-order valence-corrected chi connectivity index (χ4v) is 5.40. The average molecular weight is 368 g/mol. The summed E-state index contributed by atoms with van der Waals surface area (Å²) in [5.41, 5.74) is 5.34. The molecular weight excluding hydrogens is 344 g/mol. The summed E-state index contributed by atoms with van der Waals surface area (Å²) in [6.45, 7) is 3.50. The number of nitrogens with zero attached hydrogens (tertiary/aromatic N) is 1. The van der Waals surface area contributed by atoms with Crippen molar-refractivity contribution in [2.75, 3.05) is 0 Å². The van der Waals surface area contributed by atoms with Crippen LogP contribution in [-0.2, 0) is 19.4 Å². The fourth-order valence-electron chi connectivity index (χ4n) is 3.45. The van der Waals surface area contributed by atoms with Crippen LogP contribution in [0.15, 0.2) is 35.2 Å². The van der Waals surface area contributed by atoms with Gasteiger partial charge in [-0.15, -0.1) is 0 Å². The summed E-state index contributed by atoms with van der Waals surface area (Å²) >= 11 is 0. The second-order valence-electron chi connectivity index (χ2n) is 6.22. The van der Waals surface area contributed by atoms with Crippen molar-refractivity contribution in [1.82, 2.24) is 4.90 Å². The van der Waals surface area contributed by atoms with E-state index < -0.39 is 45.1 Å². The first-order valence-corrected chi connectivity index (χ1v) is 9.90. The van der Waals surface area contributed by atoms with Crippen molar-refractivity contribution in [1.29, 1.82) is 0 Å². The maximum absolute atomic E-state index is 13.0. The number of rotatable bonds is 7. The minimum absolute atomic E-state index is 0.0237. The Morgan fingerprint density at radius 3 is 2.36 bits per heavy atom. The van der Waals surface area contributed by atoms with E-state index >= 15 is 0 Å². The van der Waals surface area contributed by atoms with Crippen LogP contribution in [0.4, 0.5) is 0 Å². The predicted molar refractivity (Wildman–Crippen MR) is 91.9 cm³/mol. The van der Waals surface area contributed by atoms with E-state index in [1.54, 1.807) is 25.1 Å². The van der Waals surface area contributed by atoms with Crippen LogP contribution in [0, 0.1) is 5.92 Å². The van der Waals surface area contributed by atoms with Crippen LogP contribution in [0.5, 0.6) is 0 Å². The monoisotopic (exact) mass is 368 g/mol. The molecule has 1 heterocycles. The molecule has 25 heavy (non-hydrogen) atoms. The van der Waals surface area contributed by atoms with E-state index in [0.29, 0.717) is 12.8 Å². The Balaban J connectivity index is 2.52. The third-order valence-electron chi connectivity index (χ3n) is 4.63. The fraction of sp³-hybridized carbons (Fsp3) is 0.529. The van der Waals surface area contributed by atoms with Crippen molar-refractivity contribution in [2.24, 2.45) is 11.7 Å². The van der Waals surface area contributed by atoms with Gasteiger partial charge in [-0.25, -0.2) is 8.42 Å².